The highest BCUT2D eigenvalue weighted by Crippen LogP contribution is 2.21. The van der Waals surface area contributed by atoms with E-state index in [0.717, 1.165) is 23.2 Å². The summed E-state index contributed by atoms with van der Waals surface area (Å²) in [5, 5.41) is 4.42. The maximum Gasteiger partial charge on any atom is 0.0411 e. The van der Waals surface area contributed by atoms with Gasteiger partial charge in [0.2, 0.25) is 0 Å². The van der Waals surface area contributed by atoms with E-state index in [0.29, 0.717) is 6.04 Å². The van der Waals surface area contributed by atoms with Crippen molar-refractivity contribution in [2.75, 3.05) is 18.1 Å². The first-order valence-electron chi connectivity index (χ1n) is 6.70. The molecule has 0 heterocycles. The van der Waals surface area contributed by atoms with Crippen molar-refractivity contribution in [1.29, 1.82) is 0 Å². The van der Waals surface area contributed by atoms with Crippen LogP contribution in [0, 0.1) is 5.92 Å². The van der Waals surface area contributed by atoms with Crippen LogP contribution in [0.3, 0.4) is 0 Å². The predicted octanol–water partition coefficient (Wildman–Crippen LogP) is 4.77. The summed E-state index contributed by atoms with van der Waals surface area (Å²) in [5.41, 5.74) is 1.34. The molecule has 3 heteroatoms. The Morgan fingerprint density at radius 2 is 1.83 bits per heavy atom. The van der Waals surface area contributed by atoms with Crippen LogP contribution in [0.15, 0.2) is 24.3 Å². The van der Waals surface area contributed by atoms with Crippen LogP contribution in [0.1, 0.15) is 38.8 Å². The van der Waals surface area contributed by atoms with Crippen LogP contribution in [-0.4, -0.2) is 18.1 Å². The molecule has 0 aliphatic heterocycles. The first-order chi connectivity index (χ1) is 8.63. The fourth-order valence-corrected chi connectivity index (χ4v) is 2.99. The lowest BCUT2D eigenvalue weighted by Crippen LogP contribution is -2.24. The number of rotatable bonds is 8. The van der Waals surface area contributed by atoms with Crippen molar-refractivity contribution in [2.24, 2.45) is 5.92 Å². The largest absolute Gasteiger partial charge is 0.309 e. The standard InChI is InChI=1S/C15H24ClNS/c1-4-9-17-15(11-18-10-12(2)3)13-5-7-14(16)8-6-13/h5-8,12,15,17H,4,9-11H2,1-3H3. The lowest BCUT2D eigenvalue weighted by atomic mass is 10.1. The smallest absolute Gasteiger partial charge is 0.0411 e. The Hall–Kier alpha value is -0.180. The average Bonchev–Trinajstić information content (AvgIpc) is 2.34. The zero-order valence-electron chi connectivity index (χ0n) is 11.6. The SMILES string of the molecule is CCCNC(CSCC(C)C)c1ccc(Cl)cc1. The van der Waals surface area contributed by atoms with Gasteiger partial charge in [-0.05, 0) is 42.3 Å². The van der Waals surface area contributed by atoms with Gasteiger partial charge in [-0.15, -0.1) is 0 Å². The molecule has 0 bridgehead atoms. The molecule has 1 aromatic carbocycles. The molecule has 1 rings (SSSR count). The molecule has 1 unspecified atom stereocenters. The Morgan fingerprint density at radius 1 is 1.17 bits per heavy atom. The van der Waals surface area contributed by atoms with Crippen molar-refractivity contribution >= 4 is 23.4 Å². The molecular formula is C15H24ClNS. The van der Waals surface area contributed by atoms with Gasteiger partial charge >= 0.3 is 0 Å². The fraction of sp³-hybridized carbons (Fsp3) is 0.600. The Balaban J connectivity index is 2.56. The van der Waals surface area contributed by atoms with Gasteiger partial charge in [0.15, 0.2) is 0 Å². The Bertz CT molecular complexity index is 324. The van der Waals surface area contributed by atoms with Gasteiger partial charge in [-0.25, -0.2) is 0 Å². The van der Waals surface area contributed by atoms with Crippen molar-refractivity contribution in [3.8, 4) is 0 Å². The monoisotopic (exact) mass is 285 g/mol. The summed E-state index contributed by atoms with van der Waals surface area (Å²) < 4.78 is 0. The van der Waals surface area contributed by atoms with Crippen molar-refractivity contribution < 1.29 is 0 Å². The summed E-state index contributed by atoms with van der Waals surface area (Å²) in [6.07, 6.45) is 1.17. The molecule has 0 fully saturated rings. The maximum atomic E-state index is 5.94. The summed E-state index contributed by atoms with van der Waals surface area (Å²) in [5.74, 6) is 3.10. The van der Waals surface area contributed by atoms with E-state index >= 15 is 0 Å². The molecular weight excluding hydrogens is 262 g/mol. The van der Waals surface area contributed by atoms with Crippen LogP contribution < -0.4 is 5.32 Å². The minimum Gasteiger partial charge on any atom is -0.309 e. The summed E-state index contributed by atoms with van der Waals surface area (Å²) in [6.45, 7) is 7.80. The van der Waals surface area contributed by atoms with Crippen LogP contribution in [0.4, 0.5) is 0 Å². The molecule has 1 aromatic rings. The highest BCUT2D eigenvalue weighted by atomic mass is 35.5. The van der Waals surface area contributed by atoms with Crippen molar-refractivity contribution in [3.05, 3.63) is 34.9 Å². The van der Waals surface area contributed by atoms with E-state index in [1.54, 1.807) is 0 Å². The first kappa shape index (κ1) is 15.9. The molecule has 102 valence electrons. The van der Waals surface area contributed by atoms with Crippen LogP contribution in [0.2, 0.25) is 5.02 Å². The number of nitrogens with one attached hydrogen (secondary N) is 1. The average molecular weight is 286 g/mol. The van der Waals surface area contributed by atoms with E-state index in [4.69, 9.17) is 11.6 Å². The van der Waals surface area contributed by atoms with Gasteiger partial charge in [-0.3, -0.25) is 0 Å². The highest BCUT2D eigenvalue weighted by Gasteiger charge is 2.10. The molecule has 0 saturated carbocycles. The molecule has 18 heavy (non-hydrogen) atoms. The topological polar surface area (TPSA) is 12.0 Å². The van der Waals surface area contributed by atoms with Gasteiger partial charge in [0.25, 0.3) is 0 Å². The molecule has 0 saturated heterocycles. The van der Waals surface area contributed by atoms with Gasteiger partial charge in [0.05, 0.1) is 0 Å². The van der Waals surface area contributed by atoms with Gasteiger partial charge in [0.1, 0.15) is 0 Å². The van der Waals surface area contributed by atoms with Crippen molar-refractivity contribution in [2.45, 2.75) is 33.2 Å². The van der Waals surface area contributed by atoms with E-state index in [2.05, 4.69) is 38.2 Å². The third kappa shape index (κ3) is 6.12. The minimum atomic E-state index is 0.436. The molecule has 0 aliphatic carbocycles. The summed E-state index contributed by atoms with van der Waals surface area (Å²) >= 11 is 7.96. The number of thioether (sulfide) groups is 1. The first-order valence-corrected chi connectivity index (χ1v) is 8.23. The van der Waals surface area contributed by atoms with Gasteiger partial charge in [-0.2, -0.15) is 11.8 Å². The van der Waals surface area contributed by atoms with Crippen LogP contribution in [-0.2, 0) is 0 Å². The second-order valence-corrected chi connectivity index (χ2v) is 6.50. The lowest BCUT2D eigenvalue weighted by Gasteiger charge is -2.19. The van der Waals surface area contributed by atoms with Gasteiger partial charge < -0.3 is 5.32 Å². The van der Waals surface area contributed by atoms with Crippen LogP contribution >= 0.6 is 23.4 Å². The second kappa shape index (κ2) is 8.84. The Labute approximate surface area is 121 Å². The van der Waals surface area contributed by atoms with Gasteiger partial charge in [-0.1, -0.05) is 44.5 Å². The third-order valence-electron chi connectivity index (χ3n) is 2.65. The molecule has 1 N–H and O–H groups in total. The molecule has 0 aromatic heterocycles. The van der Waals surface area contributed by atoms with E-state index in [1.165, 1.54) is 17.7 Å². The van der Waals surface area contributed by atoms with Crippen LogP contribution in [0.25, 0.3) is 0 Å². The van der Waals surface area contributed by atoms with Crippen molar-refractivity contribution in [1.82, 2.24) is 5.32 Å². The molecule has 1 atom stereocenters. The van der Waals surface area contributed by atoms with Crippen LogP contribution in [0.5, 0.6) is 0 Å². The third-order valence-corrected chi connectivity index (χ3v) is 4.37. The number of benzene rings is 1. The van der Waals surface area contributed by atoms with E-state index in [9.17, 15) is 0 Å². The maximum absolute atomic E-state index is 5.94. The lowest BCUT2D eigenvalue weighted by molar-refractivity contribution is 0.577. The quantitative estimate of drug-likeness (QED) is 0.738. The molecule has 0 amide bonds. The second-order valence-electron chi connectivity index (χ2n) is 4.99. The zero-order valence-corrected chi connectivity index (χ0v) is 13.2. The number of hydrogen-bond donors (Lipinski definition) is 1. The van der Waals surface area contributed by atoms with E-state index in [1.807, 2.05) is 23.9 Å². The van der Waals surface area contributed by atoms with Crippen molar-refractivity contribution in [3.63, 3.8) is 0 Å². The molecule has 0 aliphatic rings. The molecule has 1 nitrogen and oxygen atoms in total. The molecule has 0 spiro atoms. The summed E-state index contributed by atoms with van der Waals surface area (Å²) in [4.78, 5) is 0. The van der Waals surface area contributed by atoms with E-state index in [-0.39, 0.29) is 0 Å². The Kier molecular flexibility index (Phi) is 7.80. The predicted molar refractivity (Wildman–Crippen MR) is 84.6 cm³/mol. The zero-order chi connectivity index (χ0) is 13.4. The Morgan fingerprint density at radius 3 is 2.39 bits per heavy atom. The molecule has 0 radical (unpaired) electrons. The summed E-state index contributed by atoms with van der Waals surface area (Å²) in [7, 11) is 0. The fourth-order valence-electron chi connectivity index (χ4n) is 1.71. The summed E-state index contributed by atoms with van der Waals surface area (Å²) in [6, 6.07) is 8.65. The minimum absolute atomic E-state index is 0.436. The van der Waals surface area contributed by atoms with E-state index < -0.39 is 0 Å². The highest BCUT2D eigenvalue weighted by molar-refractivity contribution is 7.99. The number of halogens is 1. The number of hydrogen-bond acceptors (Lipinski definition) is 2. The normalized spacial score (nSPS) is 12.9. The van der Waals surface area contributed by atoms with Gasteiger partial charge in [0, 0.05) is 16.8 Å².